The van der Waals surface area contributed by atoms with Crippen molar-refractivity contribution in [3.8, 4) is 0 Å². The Balaban J connectivity index is 1.73. The topological polar surface area (TPSA) is 34.0 Å². The second-order valence-electron chi connectivity index (χ2n) is 5.76. The summed E-state index contributed by atoms with van der Waals surface area (Å²) < 4.78 is 40.0. The van der Waals surface area contributed by atoms with Crippen LogP contribution in [0, 0.1) is 4.64 Å². The van der Waals surface area contributed by atoms with E-state index in [9.17, 15) is 13.2 Å². The van der Waals surface area contributed by atoms with Crippen LogP contribution in [0.3, 0.4) is 0 Å². The molecule has 2 aromatic carbocycles. The van der Waals surface area contributed by atoms with Gasteiger partial charge in [0.25, 0.3) is 0 Å². The van der Waals surface area contributed by atoms with Gasteiger partial charge >= 0.3 is 6.18 Å². The Morgan fingerprint density at radius 1 is 1.08 bits per heavy atom. The van der Waals surface area contributed by atoms with Crippen molar-refractivity contribution in [1.29, 1.82) is 0 Å². The molecule has 1 heterocycles. The van der Waals surface area contributed by atoms with E-state index in [4.69, 9.17) is 12.2 Å². The first-order valence-electron chi connectivity index (χ1n) is 7.52. The van der Waals surface area contributed by atoms with E-state index in [1.165, 1.54) is 12.1 Å². The summed E-state index contributed by atoms with van der Waals surface area (Å²) in [6.07, 6.45) is -4.32. The molecule has 0 amide bonds. The van der Waals surface area contributed by atoms with Crippen molar-refractivity contribution in [2.45, 2.75) is 19.4 Å². The van der Waals surface area contributed by atoms with Crippen molar-refractivity contribution in [3.63, 3.8) is 0 Å². The summed E-state index contributed by atoms with van der Waals surface area (Å²) in [5.41, 5.74) is 0.853. The minimum Gasteiger partial charge on any atom is -0.283 e. The Kier molecular flexibility index (Phi) is 4.82. The van der Waals surface area contributed by atoms with Crippen LogP contribution >= 0.6 is 12.2 Å². The van der Waals surface area contributed by atoms with Crippen molar-refractivity contribution < 1.29 is 13.2 Å². The molecule has 8 heteroatoms. The zero-order valence-electron chi connectivity index (χ0n) is 13.4. The summed E-state index contributed by atoms with van der Waals surface area (Å²) >= 11 is 5.44. The summed E-state index contributed by atoms with van der Waals surface area (Å²) in [7, 11) is 1.84. The van der Waals surface area contributed by atoms with Crippen molar-refractivity contribution in [3.05, 3.63) is 64.3 Å². The first-order chi connectivity index (χ1) is 11.8. The molecule has 0 N–H and O–H groups in total. The number of nitrogens with zero attached hydrogens (tertiary/aromatic N) is 4. The first-order valence-corrected chi connectivity index (χ1v) is 7.92. The number of rotatable bonds is 4. The van der Waals surface area contributed by atoms with Crippen LogP contribution in [0.25, 0.3) is 10.9 Å². The number of halogens is 3. The van der Waals surface area contributed by atoms with Gasteiger partial charge in [0.1, 0.15) is 4.64 Å². The van der Waals surface area contributed by atoms with E-state index < -0.39 is 11.7 Å². The molecule has 0 aliphatic carbocycles. The van der Waals surface area contributed by atoms with Crippen LogP contribution in [0.2, 0.25) is 0 Å². The average Bonchev–Trinajstić information content (AvgIpc) is 2.57. The third-order valence-electron chi connectivity index (χ3n) is 3.74. The van der Waals surface area contributed by atoms with Gasteiger partial charge in [-0.3, -0.25) is 4.90 Å². The van der Waals surface area contributed by atoms with Crippen LogP contribution in [-0.2, 0) is 19.4 Å². The Morgan fingerprint density at radius 2 is 1.76 bits per heavy atom. The number of alkyl halides is 3. The highest BCUT2D eigenvalue weighted by molar-refractivity contribution is 7.71. The maximum absolute atomic E-state index is 12.6. The van der Waals surface area contributed by atoms with Crippen LogP contribution in [0.15, 0.2) is 48.5 Å². The maximum Gasteiger partial charge on any atom is 0.416 e. The number of fused-ring (bicyclic) bond motifs is 1. The standard InChI is InChI=1S/C17H15F3N4S/c1-23(10-12-6-8-13(9-7-12)17(18,19)20)11-24-16(25)14-4-2-3-5-15(14)21-22-24/h2-9H,10-11H2,1H3. The average molecular weight is 364 g/mol. The molecular formula is C17H15F3N4S. The second kappa shape index (κ2) is 6.89. The fourth-order valence-electron chi connectivity index (χ4n) is 2.51. The minimum absolute atomic E-state index is 0.387. The molecule has 0 atom stereocenters. The summed E-state index contributed by atoms with van der Waals surface area (Å²) in [5.74, 6) is 0. The van der Waals surface area contributed by atoms with Crippen LogP contribution in [0.4, 0.5) is 13.2 Å². The molecule has 4 nitrogen and oxygen atoms in total. The molecular weight excluding hydrogens is 349 g/mol. The number of hydrogen-bond donors (Lipinski definition) is 0. The van der Waals surface area contributed by atoms with Gasteiger partial charge in [0, 0.05) is 11.9 Å². The molecule has 0 unspecified atom stereocenters. The predicted molar refractivity (Wildman–Crippen MR) is 91.3 cm³/mol. The third kappa shape index (κ3) is 4.02. The minimum atomic E-state index is -4.32. The van der Waals surface area contributed by atoms with Crippen LogP contribution in [0.1, 0.15) is 11.1 Å². The summed E-state index contributed by atoms with van der Waals surface area (Å²) in [4.78, 5) is 1.90. The summed E-state index contributed by atoms with van der Waals surface area (Å²) in [6.45, 7) is 0.853. The first kappa shape index (κ1) is 17.5. The van der Waals surface area contributed by atoms with E-state index in [0.29, 0.717) is 17.9 Å². The molecule has 0 aliphatic heterocycles. The monoisotopic (exact) mass is 364 g/mol. The van der Waals surface area contributed by atoms with E-state index in [-0.39, 0.29) is 0 Å². The lowest BCUT2D eigenvalue weighted by Crippen LogP contribution is -2.24. The molecule has 0 saturated heterocycles. The Morgan fingerprint density at radius 3 is 2.44 bits per heavy atom. The van der Waals surface area contributed by atoms with Gasteiger partial charge < -0.3 is 0 Å². The van der Waals surface area contributed by atoms with Crippen molar-refractivity contribution in [1.82, 2.24) is 19.9 Å². The fraction of sp³-hybridized carbons (Fsp3) is 0.235. The normalized spacial score (nSPS) is 12.0. The molecule has 0 radical (unpaired) electrons. The lowest BCUT2D eigenvalue weighted by Gasteiger charge is -2.18. The van der Waals surface area contributed by atoms with Gasteiger partial charge in [0.15, 0.2) is 0 Å². The van der Waals surface area contributed by atoms with Gasteiger partial charge in [-0.1, -0.05) is 41.7 Å². The van der Waals surface area contributed by atoms with Crippen molar-refractivity contribution in [2.75, 3.05) is 7.05 Å². The van der Waals surface area contributed by atoms with E-state index >= 15 is 0 Å². The second-order valence-corrected chi connectivity index (χ2v) is 6.15. The molecule has 130 valence electrons. The van der Waals surface area contributed by atoms with Gasteiger partial charge in [0.05, 0.1) is 17.7 Å². The van der Waals surface area contributed by atoms with Gasteiger partial charge in [-0.05, 0) is 36.9 Å². The Hall–Kier alpha value is -2.32. The Labute approximate surface area is 147 Å². The van der Waals surface area contributed by atoms with Gasteiger partial charge in [-0.15, -0.1) is 5.10 Å². The highest BCUT2D eigenvalue weighted by Gasteiger charge is 2.29. The molecule has 25 heavy (non-hydrogen) atoms. The van der Waals surface area contributed by atoms with Crippen LogP contribution < -0.4 is 0 Å². The molecule has 0 bridgehead atoms. The molecule has 0 fully saturated rings. The number of benzene rings is 2. The molecule has 0 saturated carbocycles. The SMILES string of the molecule is CN(Cc1ccc(C(F)(F)F)cc1)Cn1nnc2ccccc2c1=S. The fourth-order valence-corrected chi connectivity index (χ4v) is 2.77. The quantitative estimate of drug-likeness (QED) is 0.648. The largest absolute Gasteiger partial charge is 0.416 e. The van der Waals surface area contributed by atoms with E-state index in [1.54, 1.807) is 4.68 Å². The third-order valence-corrected chi connectivity index (χ3v) is 4.17. The number of hydrogen-bond acceptors (Lipinski definition) is 4. The van der Waals surface area contributed by atoms with E-state index in [1.807, 2.05) is 36.2 Å². The van der Waals surface area contributed by atoms with Gasteiger partial charge in [0.2, 0.25) is 0 Å². The zero-order valence-corrected chi connectivity index (χ0v) is 14.2. The lowest BCUT2D eigenvalue weighted by atomic mass is 10.1. The highest BCUT2D eigenvalue weighted by atomic mass is 32.1. The molecule has 0 spiro atoms. The smallest absolute Gasteiger partial charge is 0.283 e. The number of aromatic nitrogens is 3. The molecule has 3 aromatic rings. The molecule has 1 aromatic heterocycles. The van der Waals surface area contributed by atoms with Crippen LogP contribution in [-0.4, -0.2) is 26.9 Å². The molecule has 0 aliphatic rings. The lowest BCUT2D eigenvalue weighted by molar-refractivity contribution is -0.137. The van der Waals surface area contributed by atoms with E-state index in [2.05, 4.69) is 10.3 Å². The van der Waals surface area contributed by atoms with Gasteiger partial charge in [-0.25, -0.2) is 4.68 Å². The highest BCUT2D eigenvalue weighted by Crippen LogP contribution is 2.29. The van der Waals surface area contributed by atoms with Gasteiger partial charge in [-0.2, -0.15) is 13.2 Å². The predicted octanol–water partition coefficient (Wildman–Crippen LogP) is 4.27. The van der Waals surface area contributed by atoms with E-state index in [0.717, 1.165) is 28.6 Å². The van der Waals surface area contributed by atoms with Crippen LogP contribution in [0.5, 0.6) is 0 Å². The van der Waals surface area contributed by atoms with Crippen molar-refractivity contribution >= 4 is 23.1 Å². The zero-order chi connectivity index (χ0) is 18.0. The summed E-state index contributed by atoms with van der Waals surface area (Å²) in [5, 5.41) is 9.08. The summed E-state index contributed by atoms with van der Waals surface area (Å²) in [6, 6.07) is 12.6. The maximum atomic E-state index is 12.6. The molecule has 3 rings (SSSR count). The van der Waals surface area contributed by atoms with Crippen molar-refractivity contribution in [2.24, 2.45) is 0 Å². The Bertz CT molecular complexity index is 935.